The number of aliphatic hydroxyl groups is 1. The van der Waals surface area contributed by atoms with Crippen LogP contribution >= 0.6 is 0 Å². The van der Waals surface area contributed by atoms with Crippen molar-refractivity contribution in [2.45, 2.75) is 31.7 Å². The summed E-state index contributed by atoms with van der Waals surface area (Å²) in [7, 11) is 0. The molecule has 2 aromatic carbocycles. The summed E-state index contributed by atoms with van der Waals surface area (Å²) >= 11 is 0. The van der Waals surface area contributed by atoms with Crippen molar-refractivity contribution in [1.29, 1.82) is 0 Å². The number of alkyl carbamates (subject to hydrolysis) is 1. The van der Waals surface area contributed by atoms with Crippen LogP contribution in [0.25, 0.3) is 11.1 Å². The molecule has 0 saturated carbocycles. The number of hydrogen-bond acceptors (Lipinski definition) is 3. The highest BCUT2D eigenvalue weighted by Crippen LogP contribution is 2.44. The molecule has 24 heavy (non-hydrogen) atoms. The van der Waals surface area contributed by atoms with Gasteiger partial charge in [-0.05, 0) is 35.1 Å². The Labute approximate surface area is 142 Å². The van der Waals surface area contributed by atoms with Crippen molar-refractivity contribution < 1.29 is 14.6 Å². The van der Waals surface area contributed by atoms with Gasteiger partial charge in [0, 0.05) is 18.6 Å². The molecule has 3 rings (SSSR count). The van der Waals surface area contributed by atoms with Crippen molar-refractivity contribution in [2.24, 2.45) is 0 Å². The third kappa shape index (κ3) is 3.29. The van der Waals surface area contributed by atoms with E-state index in [0.717, 1.165) is 6.42 Å². The van der Waals surface area contributed by atoms with Gasteiger partial charge in [-0.1, -0.05) is 55.5 Å². The molecule has 0 spiro atoms. The van der Waals surface area contributed by atoms with Crippen LogP contribution in [0.5, 0.6) is 0 Å². The normalized spacial score (nSPS) is 13.9. The number of carbonyl (C=O) groups excluding carboxylic acids is 1. The lowest BCUT2D eigenvalue weighted by Crippen LogP contribution is -2.36. The van der Waals surface area contributed by atoms with E-state index in [1.807, 2.05) is 31.2 Å². The largest absolute Gasteiger partial charge is 0.449 e. The summed E-state index contributed by atoms with van der Waals surface area (Å²) in [5.41, 5.74) is 4.84. The molecule has 1 aliphatic rings. The van der Waals surface area contributed by atoms with Gasteiger partial charge in [0.15, 0.2) is 0 Å². The van der Waals surface area contributed by atoms with Crippen LogP contribution in [0.1, 0.15) is 36.8 Å². The quantitative estimate of drug-likeness (QED) is 0.851. The summed E-state index contributed by atoms with van der Waals surface area (Å²) in [5.74, 6) is 0.0704. The molecule has 2 N–H and O–H groups in total. The minimum absolute atomic E-state index is 0.0503. The molecule has 0 aromatic heterocycles. The maximum atomic E-state index is 12.1. The highest BCUT2D eigenvalue weighted by Gasteiger charge is 2.29. The number of aliphatic hydroxyl groups excluding tert-OH is 1. The molecule has 0 saturated heterocycles. The Morgan fingerprint density at radius 1 is 1.12 bits per heavy atom. The van der Waals surface area contributed by atoms with Crippen molar-refractivity contribution in [3.05, 3.63) is 59.7 Å². The number of ether oxygens (including phenoxy) is 1. The van der Waals surface area contributed by atoms with E-state index in [0.29, 0.717) is 13.0 Å². The van der Waals surface area contributed by atoms with Crippen LogP contribution in [0.3, 0.4) is 0 Å². The Bertz CT molecular complexity index is 668. The first-order valence-electron chi connectivity index (χ1n) is 8.47. The number of benzene rings is 2. The van der Waals surface area contributed by atoms with Gasteiger partial charge < -0.3 is 15.2 Å². The fourth-order valence-electron chi connectivity index (χ4n) is 3.34. The maximum Gasteiger partial charge on any atom is 0.407 e. The Hall–Kier alpha value is -2.33. The average molecular weight is 325 g/mol. The maximum absolute atomic E-state index is 12.1. The van der Waals surface area contributed by atoms with Crippen molar-refractivity contribution in [3.8, 4) is 11.1 Å². The van der Waals surface area contributed by atoms with Crippen LogP contribution < -0.4 is 5.32 Å². The van der Waals surface area contributed by atoms with E-state index in [1.165, 1.54) is 22.3 Å². The predicted molar refractivity (Wildman–Crippen MR) is 94.0 cm³/mol. The Morgan fingerprint density at radius 2 is 1.71 bits per heavy atom. The van der Waals surface area contributed by atoms with Gasteiger partial charge in [-0.3, -0.25) is 0 Å². The molecule has 0 unspecified atom stereocenters. The summed E-state index contributed by atoms with van der Waals surface area (Å²) in [5, 5.41) is 11.8. The lowest BCUT2D eigenvalue weighted by atomic mass is 9.98. The molecule has 1 atom stereocenters. The highest BCUT2D eigenvalue weighted by molar-refractivity contribution is 5.79. The Balaban J connectivity index is 1.70. The molecule has 1 aliphatic carbocycles. The number of carbonyl (C=O) groups is 1. The third-order valence-electron chi connectivity index (χ3n) is 4.64. The average Bonchev–Trinajstić information content (AvgIpc) is 2.93. The molecule has 2 aromatic rings. The highest BCUT2D eigenvalue weighted by atomic mass is 16.5. The van der Waals surface area contributed by atoms with E-state index in [9.17, 15) is 4.79 Å². The molecule has 126 valence electrons. The van der Waals surface area contributed by atoms with Gasteiger partial charge >= 0.3 is 6.09 Å². The van der Waals surface area contributed by atoms with Crippen LogP contribution in [0.15, 0.2) is 48.5 Å². The molecular weight excluding hydrogens is 302 g/mol. The summed E-state index contributed by atoms with van der Waals surface area (Å²) in [6, 6.07) is 16.5. The zero-order valence-corrected chi connectivity index (χ0v) is 13.9. The monoisotopic (exact) mass is 325 g/mol. The fraction of sp³-hybridized carbons (Fsp3) is 0.350. The number of amides is 1. The second-order valence-corrected chi connectivity index (χ2v) is 6.09. The zero-order chi connectivity index (χ0) is 16.9. The second kappa shape index (κ2) is 7.49. The van der Waals surface area contributed by atoms with Crippen molar-refractivity contribution >= 4 is 6.09 Å². The molecule has 1 amide bonds. The first-order chi connectivity index (χ1) is 11.7. The Kier molecular flexibility index (Phi) is 5.16. The van der Waals surface area contributed by atoms with Crippen molar-refractivity contribution in [1.82, 2.24) is 5.32 Å². The van der Waals surface area contributed by atoms with E-state index >= 15 is 0 Å². The minimum Gasteiger partial charge on any atom is -0.449 e. The summed E-state index contributed by atoms with van der Waals surface area (Å²) < 4.78 is 5.49. The van der Waals surface area contributed by atoms with Crippen molar-refractivity contribution in [3.63, 3.8) is 0 Å². The standard InChI is InChI=1S/C20H23NO3/c1-2-14(11-12-22)21-20(23)24-13-19-17-9-5-3-7-15(17)16-8-4-6-10-18(16)19/h3-10,14,19,22H,2,11-13H2,1H3,(H,21,23)/t14-/m0/s1. The summed E-state index contributed by atoms with van der Waals surface area (Å²) in [4.78, 5) is 12.1. The van der Waals surface area contributed by atoms with E-state index < -0.39 is 6.09 Å². The van der Waals surface area contributed by atoms with E-state index in [2.05, 4.69) is 29.6 Å². The van der Waals surface area contributed by atoms with Crippen LogP contribution in [-0.4, -0.2) is 30.5 Å². The zero-order valence-electron chi connectivity index (χ0n) is 13.9. The van der Waals surface area contributed by atoms with E-state index in [4.69, 9.17) is 9.84 Å². The van der Waals surface area contributed by atoms with Gasteiger partial charge in [0.25, 0.3) is 0 Å². The third-order valence-corrected chi connectivity index (χ3v) is 4.64. The minimum atomic E-state index is -0.419. The van der Waals surface area contributed by atoms with Crippen LogP contribution in [0, 0.1) is 0 Å². The van der Waals surface area contributed by atoms with Crippen LogP contribution in [0.4, 0.5) is 4.79 Å². The van der Waals surface area contributed by atoms with Crippen molar-refractivity contribution in [2.75, 3.05) is 13.2 Å². The second-order valence-electron chi connectivity index (χ2n) is 6.09. The number of fused-ring (bicyclic) bond motifs is 3. The SMILES string of the molecule is CC[C@@H](CCO)NC(=O)OCC1c2ccccc2-c2ccccc21. The number of rotatable bonds is 6. The number of hydrogen-bond donors (Lipinski definition) is 2. The fourth-order valence-corrected chi connectivity index (χ4v) is 3.34. The topological polar surface area (TPSA) is 58.6 Å². The lowest BCUT2D eigenvalue weighted by molar-refractivity contribution is 0.136. The molecular formula is C20H23NO3. The first kappa shape index (κ1) is 16.5. The Morgan fingerprint density at radius 3 is 2.25 bits per heavy atom. The van der Waals surface area contributed by atoms with Gasteiger partial charge in [-0.2, -0.15) is 0 Å². The molecule has 0 fully saturated rings. The molecule has 0 radical (unpaired) electrons. The number of nitrogens with one attached hydrogen (secondary N) is 1. The van der Waals surface area contributed by atoms with Crippen LogP contribution in [0.2, 0.25) is 0 Å². The lowest BCUT2D eigenvalue weighted by Gasteiger charge is -2.18. The van der Waals surface area contributed by atoms with Gasteiger partial charge in [0.1, 0.15) is 6.61 Å². The first-order valence-corrected chi connectivity index (χ1v) is 8.47. The van der Waals surface area contributed by atoms with Gasteiger partial charge in [0.2, 0.25) is 0 Å². The van der Waals surface area contributed by atoms with Gasteiger partial charge in [-0.25, -0.2) is 4.79 Å². The molecule has 0 aliphatic heterocycles. The van der Waals surface area contributed by atoms with E-state index in [1.54, 1.807) is 0 Å². The summed E-state index contributed by atoms with van der Waals surface area (Å²) in [6.07, 6.45) is 0.892. The molecule has 0 bridgehead atoms. The molecule has 0 heterocycles. The molecule has 4 heteroatoms. The predicted octanol–water partition coefficient (Wildman–Crippen LogP) is 3.69. The van der Waals surface area contributed by atoms with E-state index in [-0.39, 0.29) is 18.6 Å². The molecule has 4 nitrogen and oxygen atoms in total. The van der Waals surface area contributed by atoms with Crippen LogP contribution in [-0.2, 0) is 4.74 Å². The smallest absolute Gasteiger partial charge is 0.407 e. The summed E-state index contributed by atoms with van der Waals surface area (Å²) in [6.45, 7) is 2.35. The van der Waals surface area contributed by atoms with Gasteiger partial charge in [-0.15, -0.1) is 0 Å². The van der Waals surface area contributed by atoms with Gasteiger partial charge in [0.05, 0.1) is 0 Å².